The molecule has 3 rings (SSSR count). The minimum atomic E-state index is -4.49. The molecule has 0 aromatic heterocycles. The van der Waals surface area contributed by atoms with Crippen LogP contribution in [0, 0.1) is 10.1 Å². The maximum absolute atomic E-state index is 12.7. The molecule has 0 radical (unpaired) electrons. The summed E-state index contributed by atoms with van der Waals surface area (Å²) in [6, 6.07) is 7.66. The summed E-state index contributed by atoms with van der Waals surface area (Å²) in [6.45, 7) is 0.552. The first kappa shape index (κ1) is 21.6. The van der Waals surface area contributed by atoms with Gasteiger partial charge in [-0.25, -0.2) is 0 Å². The molecule has 1 heterocycles. The lowest BCUT2D eigenvalue weighted by Gasteiger charge is -2.34. The number of nitrogens with zero attached hydrogens (tertiary/aromatic N) is 3. The van der Waals surface area contributed by atoms with Gasteiger partial charge in [0.15, 0.2) is 0 Å². The van der Waals surface area contributed by atoms with Gasteiger partial charge in [-0.15, -0.1) is 0 Å². The van der Waals surface area contributed by atoms with Crippen LogP contribution in [-0.2, 0) is 6.18 Å². The molecule has 30 heavy (non-hydrogen) atoms. The minimum absolute atomic E-state index is 0.105. The fourth-order valence-corrected chi connectivity index (χ4v) is 3.27. The number of benzene rings is 2. The maximum Gasteiger partial charge on any atom is 0.416 e. The van der Waals surface area contributed by atoms with E-state index in [4.69, 9.17) is 11.6 Å². The molecule has 1 fully saturated rings. The van der Waals surface area contributed by atoms with Gasteiger partial charge in [0.2, 0.25) is 0 Å². The van der Waals surface area contributed by atoms with E-state index in [1.807, 2.05) is 0 Å². The standard InChI is InChI=1S/C19H15ClF3N3O4/c20-14-5-6-15(16(11-14)26(29)30)18(28)25-9-7-24(8-10-25)17(27)12-1-3-13(4-2-12)19(21,22)23/h1-6,11H,7-10H2. The number of halogens is 4. The van der Waals surface area contributed by atoms with Gasteiger partial charge >= 0.3 is 6.18 Å². The summed E-state index contributed by atoms with van der Waals surface area (Å²) in [5.41, 5.74) is -1.25. The zero-order valence-electron chi connectivity index (χ0n) is 15.4. The van der Waals surface area contributed by atoms with Gasteiger partial charge in [-0.2, -0.15) is 13.2 Å². The van der Waals surface area contributed by atoms with E-state index in [0.717, 1.165) is 30.3 Å². The molecule has 158 valence electrons. The van der Waals surface area contributed by atoms with Crippen molar-refractivity contribution in [3.8, 4) is 0 Å². The van der Waals surface area contributed by atoms with Crippen molar-refractivity contribution in [3.63, 3.8) is 0 Å². The highest BCUT2D eigenvalue weighted by Crippen LogP contribution is 2.29. The highest BCUT2D eigenvalue weighted by atomic mass is 35.5. The molecule has 11 heteroatoms. The quantitative estimate of drug-likeness (QED) is 0.534. The largest absolute Gasteiger partial charge is 0.416 e. The number of piperazine rings is 1. The lowest BCUT2D eigenvalue weighted by atomic mass is 10.1. The summed E-state index contributed by atoms with van der Waals surface area (Å²) < 4.78 is 38.0. The first-order valence-electron chi connectivity index (χ1n) is 8.77. The Balaban J connectivity index is 1.67. The van der Waals surface area contributed by atoms with Crippen molar-refractivity contribution in [2.75, 3.05) is 26.2 Å². The van der Waals surface area contributed by atoms with Gasteiger partial charge < -0.3 is 9.80 Å². The minimum Gasteiger partial charge on any atom is -0.335 e. The number of carbonyl (C=O) groups is 2. The van der Waals surface area contributed by atoms with Crippen LogP contribution in [0.2, 0.25) is 5.02 Å². The van der Waals surface area contributed by atoms with Gasteiger partial charge in [0.25, 0.3) is 17.5 Å². The Kier molecular flexibility index (Phi) is 5.97. The zero-order valence-corrected chi connectivity index (χ0v) is 16.1. The molecular formula is C19H15ClF3N3O4. The normalized spacial score (nSPS) is 14.5. The highest BCUT2D eigenvalue weighted by molar-refractivity contribution is 6.31. The second kappa shape index (κ2) is 8.31. The molecule has 0 bridgehead atoms. The number of nitro benzene ring substituents is 1. The molecule has 2 aromatic carbocycles. The number of nitro groups is 1. The van der Waals surface area contributed by atoms with E-state index in [0.29, 0.717) is 0 Å². The topological polar surface area (TPSA) is 83.8 Å². The Morgan fingerprint density at radius 2 is 1.47 bits per heavy atom. The number of amides is 2. The molecule has 0 saturated carbocycles. The van der Waals surface area contributed by atoms with Crippen molar-refractivity contribution < 1.29 is 27.7 Å². The fourth-order valence-electron chi connectivity index (χ4n) is 3.10. The van der Waals surface area contributed by atoms with Gasteiger partial charge in [0.05, 0.1) is 10.5 Å². The molecule has 0 aliphatic carbocycles. The molecule has 0 spiro atoms. The third kappa shape index (κ3) is 4.54. The van der Waals surface area contributed by atoms with Crippen molar-refractivity contribution in [2.45, 2.75) is 6.18 Å². The Morgan fingerprint density at radius 1 is 0.933 bits per heavy atom. The third-order valence-electron chi connectivity index (χ3n) is 4.70. The highest BCUT2D eigenvalue weighted by Gasteiger charge is 2.32. The molecule has 1 aliphatic heterocycles. The van der Waals surface area contributed by atoms with Gasteiger partial charge in [-0.05, 0) is 36.4 Å². The molecular weight excluding hydrogens is 427 g/mol. The Hall–Kier alpha value is -3.14. The molecule has 2 amide bonds. The summed E-state index contributed by atoms with van der Waals surface area (Å²) in [6.07, 6.45) is -4.49. The lowest BCUT2D eigenvalue weighted by Crippen LogP contribution is -2.50. The van der Waals surface area contributed by atoms with Crippen LogP contribution in [0.3, 0.4) is 0 Å². The second-order valence-corrected chi connectivity index (χ2v) is 7.01. The average molecular weight is 442 g/mol. The summed E-state index contributed by atoms with van der Waals surface area (Å²) in [5.74, 6) is -1.01. The summed E-state index contributed by atoms with van der Waals surface area (Å²) in [7, 11) is 0. The fraction of sp³-hybridized carbons (Fsp3) is 0.263. The molecule has 0 N–H and O–H groups in total. The third-order valence-corrected chi connectivity index (χ3v) is 4.94. The smallest absolute Gasteiger partial charge is 0.335 e. The summed E-state index contributed by atoms with van der Waals surface area (Å²) in [5, 5.41) is 11.3. The van der Waals surface area contributed by atoms with E-state index >= 15 is 0 Å². The van der Waals surface area contributed by atoms with Crippen LogP contribution in [0.4, 0.5) is 18.9 Å². The number of rotatable bonds is 3. The molecule has 0 unspecified atom stereocenters. The monoisotopic (exact) mass is 441 g/mol. The Morgan fingerprint density at radius 3 is 1.97 bits per heavy atom. The Bertz CT molecular complexity index is 988. The van der Waals surface area contributed by atoms with Crippen LogP contribution in [-0.4, -0.2) is 52.7 Å². The van der Waals surface area contributed by atoms with Crippen LogP contribution < -0.4 is 0 Å². The van der Waals surface area contributed by atoms with Crippen LogP contribution in [0.1, 0.15) is 26.3 Å². The molecule has 7 nitrogen and oxygen atoms in total. The SMILES string of the molecule is O=C(c1ccc(C(F)(F)F)cc1)N1CCN(C(=O)c2ccc(Cl)cc2[N+](=O)[O-])CC1. The van der Waals surface area contributed by atoms with Crippen molar-refractivity contribution in [2.24, 2.45) is 0 Å². The predicted octanol–water partition coefficient (Wildman–Crippen LogP) is 3.87. The van der Waals surface area contributed by atoms with Crippen molar-refractivity contribution in [1.29, 1.82) is 0 Å². The van der Waals surface area contributed by atoms with E-state index < -0.39 is 34.2 Å². The van der Waals surface area contributed by atoms with E-state index in [1.54, 1.807) is 0 Å². The Labute approximate surface area is 173 Å². The van der Waals surface area contributed by atoms with E-state index in [2.05, 4.69) is 0 Å². The van der Waals surface area contributed by atoms with Crippen LogP contribution >= 0.6 is 11.6 Å². The molecule has 2 aromatic rings. The zero-order chi connectivity index (χ0) is 22.1. The second-order valence-electron chi connectivity index (χ2n) is 6.58. The summed E-state index contributed by atoms with van der Waals surface area (Å²) in [4.78, 5) is 38.5. The number of hydrogen-bond acceptors (Lipinski definition) is 4. The number of hydrogen-bond donors (Lipinski definition) is 0. The van der Waals surface area contributed by atoms with Crippen LogP contribution in [0.5, 0.6) is 0 Å². The lowest BCUT2D eigenvalue weighted by molar-refractivity contribution is -0.385. The van der Waals surface area contributed by atoms with Crippen molar-refractivity contribution in [3.05, 3.63) is 74.3 Å². The molecule has 0 atom stereocenters. The van der Waals surface area contributed by atoms with Crippen molar-refractivity contribution >= 4 is 29.1 Å². The van der Waals surface area contributed by atoms with E-state index in [9.17, 15) is 32.9 Å². The van der Waals surface area contributed by atoms with Crippen LogP contribution in [0.15, 0.2) is 42.5 Å². The van der Waals surface area contributed by atoms with Gasteiger partial charge in [0, 0.05) is 42.8 Å². The molecule has 1 saturated heterocycles. The van der Waals surface area contributed by atoms with Crippen molar-refractivity contribution in [1.82, 2.24) is 9.80 Å². The van der Waals surface area contributed by atoms with Crippen LogP contribution in [0.25, 0.3) is 0 Å². The van der Waals surface area contributed by atoms with E-state index in [-0.39, 0.29) is 42.3 Å². The first-order chi connectivity index (χ1) is 14.1. The molecule has 1 aliphatic rings. The average Bonchev–Trinajstić information content (AvgIpc) is 2.72. The van der Waals surface area contributed by atoms with Gasteiger partial charge in [0.1, 0.15) is 5.56 Å². The van der Waals surface area contributed by atoms with Gasteiger partial charge in [-0.3, -0.25) is 19.7 Å². The van der Waals surface area contributed by atoms with Gasteiger partial charge in [-0.1, -0.05) is 11.6 Å². The maximum atomic E-state index is 12.7. The summed E-state index contributed by atoms with van der Waals surface area (Å²) >= 11 is 5.76. The van der Waals surface area contributed by atoms with E-state index in [1.165, 1.54) is 21.9 Å². The number of alkyl halides is 3. The number of carbonyl (C=O) groups excluding carboxylic acids is 2. The first-order valence-corrected chi connectivity index (χ1v) is 9.15. The predicted molar refractivity (Wildman–Crippen MR) is 101 cm³/mol.